The molecule has 0 saturated heterocycles. The van der Waals surface area contributed by atoms with E-state index >= 15 is 0 Å². The van der Waals surface area contributed by atoms with Gasteiger partial charge in [-0.25, -0.2) is 9.97 Å². The average molecular weight is 373 g/mol. The molecule has 3 nitrogen and oxygen atoms in total. The molecule has 2 N–H and O–H groups in total. The lowest BCUT2D eigenvalue weighted by Gasteiger charge is -2.19. The van der Waals surface area contributed by atoms with Gasteiger partial charge < -0.3 is 5.73 Å². The summed E-state index contributed by atoms with van der Waals surface area (Å²) in [6.45, 7) is 2.18. The van der Waals surface area contributed by atoms with Crippen LogP contribution in [0.5, 0.6) is 0 Å². The molecule has 1 aliphatic carbocycles. The Morgan fingerprint density at radius 1 is 1.11 bits per heavy atom. The average Bonchev–Trinajstić information content (AvgIpc) is 2.34. The molecule has 0 radical (unpaired) electrons. The van der Waals surface area contributed by atoms with Crippen LogP contribution < -0.4 is 5.73 Å². The Morgan fingerprint density at radius 2 is 1.74 bits per heavy atom. The summed E-state index contributed by atoms with van der Waals surface area (Å²) in [5.41, 5.74) is 7.22. The van der Waals surface area contributed by atoms with E-state index in [1.807, 2.05) is 0 Å². The summed E-state index contributed by atoms with van der Waals surface area (Å²) < 4.78 is 1.05. The first-order chi connectivity index (χ1) is 9.22. The van der Waals surface area contributed by atoms with Crippen molar-refractivity contribution in [3.63, 3.8) is 0 Å². The van der Waals surface area contributed by atoms with Crippen molar-refractivity contribution in [1.82, 2.24) is 9.97 Å². The van der Waals surface area contributed by atoms with Gasteiger partial charge in [0.15, 0.2) is 0 Å². The first-order valence-corrected chi connectivity index (χ1v) is 8.62. The van der Waals surface area contributed by atoms with E-state index in [2.05, 4.69) is 34.5 Å². The number of rotatable bonds is 3. The standard InChI is InChI=1S/C15H24IN3/c1-2-8-12-13(16)14(17)19-15(18-12)11-9-6-4-3-5-7-10-11/h11H,2-10H2,1H3,(H2,17,18,19). The fourth-order valence-electron chi connectivity index (χ4n) is 2.83. The zero-order valence-electron chi connectivity index (χ0n) is 11.8. The third-order valence-corrected chi connectivity index (χ3v) is 5.10. The lowest BCUT2D eigenvalue weighted by Crippen LogP contribution is -2.12. The predicted molar refractivity (Wildman–Crippen MR) is 88.2 cm³/mol. The van der Waals surface area contributed by atoms with Crippen molar-refractivity contribution in [3.05, 3.63) is 15.1 Å². The smallest absolute Gasteiger partial charge is 0.140 e. The van der Waals surface area contributed by atoms with Crippen LogP contribution in [-0.2, 0) is 6.42 Å². The molecule has 1 fully saturated rings. The lowest BCUT2D eigenvalue weighted by molar-refractivity contribution is 0.441. The van der Waals surface area contributed by atoms with E-state index in [0.717, 1.165) is 27.9 Å². The van der Waals surface area contributed by atoms with Gasteiger partial charge in [-0.1, -0.05) is 45.4 Å². The van der Waals surface area contributed by atoms with Gasteiger partial charge in [-0.05, 0) is 41.9 Å². The van der Waals surface area contributed by atoms with Crippen LogP contribution in [0.1, 0.15) is 75.7 Å². The van der Waals surface area contributed by atoms with Gasteiger partial charge in [0.1, 0.15) is 11.6 Å². The summed E-state index contributed by atoms with van der Waals surface area (Å²) in [7, 11) is 0. The third kappa shape index (κ3) is 4.04. The van der Waals surface area contributed by atoms with E-state index in [9.17, 15) is 0 Å². The Morgan fingerprint density at radius 3 is 2.37 bits per heavy atom. The highest BCUT2D eigenvalue weighted by atomic mass is 127. The Bertz CT molecular complexity index is 412. The van der Waals surface area contributed by atoms with Gasteiger partial charge in [-0.15, -0.1) is 0 Å². The van der Waals surface area contributed by atoms with Crippen LogP contribution >= 0.6 is 22.6 Å². The minimum atomic E-state index is 0.523. The topological polar surface area (TPSA) is 51.8 Å². The van der Waals surface area contributed by atoms with E-state index in [4.69, 9.17) is 10.7 Å². The van der Waals surface area contributed by atoms with Crippen LogP contribution in [0, 0.1) is 3.57 Å². The molecule has 1 aromatic rings. The molecule has 1 heterocycles. The van der Waals surface area contributed by atoms with Crippen molar-refractivity contribution in [2.75, 3.05) is 5.73 Å². The van der Waals surface area contributed by atoms with Crippen molar-refractivity contribution in [3.8, 4) is 0 Å². The Balaban J connectivity index is 2.22. The summed E-state index contributed by atoms with van der Waals surface area (Å²) in [6, 6.07) is 0. The highest BCUT2D eigenvalue weighted by Gasteiger charge is 2.19. The fourth-order valence-corrected chi connectivity index (χ4v) is 3.34. The van der Waals surface area contributed by atoms with Crippen molar-refractivity contribution >= 4 is 28.4 Å². The van der Waals surface area contributed by atoms with Gasteiger partial charge in [0, 0.05) is 5.92 Å². The highest BCUT2D eigenvalue weighted by Crippen LogP contribution is 2.30. The Kier molecular flexibility index (Phi) is 5.85. The molecule has 106 valence electrons. The minimum Gasteiger partial charge on any atom is -0.383 e. The highest BCUT2D eigenvalue weighted by molar-refractivity contribution is 14.1. The normalized spacial score (nSPS) is 18.0. The quantitative estimate of drug-likeness (QED) is 0.797. The van der Waals surface area contributed by atoms with Crippen LogP contribution in [0.2, 0.25) is 0 Å². The van der Waals surface area contributed by atoms with Crippen LogP contribution in [0.3, 0.4) is 0 Å². The minimum absolute atomic E-state index is 0.523. The molecular weight excluding hydrogens is 349 g/mol. The summed E-state index contributed by atoms with van der Waals surface area (Å²) in [6.07, 6.45) is 11.3. The molecule has 0 bridgehead atoms. The van der Waals surface area contributed by atoms with Crippen LogP contribution in [0.4, 0.5) is 5.82 Å². The summed E-state index contributed by atoms with van der Waals surface area (Å²) in [4.78, 5) is 9.39. The number of aryl methyl sites for hydroxylation is 1. The molecule has 1 aliphatic rings. The van der Waals surface area contributed by atoms with Crippen LogP contribution in [0.15, 0.2) is 0 Å². The predicted octanol–water partition coefficient (Wildman–Crippen LogP) is 4.44. The number of nitrogens with two attached hydrogens (primary N) is 1. The maximum Gasteiger partial charge on any atom is 0.140 e. The van der Waals surface area contributed by atoms with Crippen LogP contribution in [0.25, 0.3) is 0 Å². The van der Waals surface area contributed by atoms with Crippen molar-refractivity contribution < 1.29 is 0 Å². The van der Waals surface area contributed by atoms with Gasteiger partial charge in [0.05, 0.1) is 9.26 Å². The zero-order valence-corrected chi connectivity index (χ0v) is 13.9. The molecule has 2 rings (SSSR count). The number of hydrogen-bond acceptors (Lipinski definition) is 3. The molecule has 1 saturated carbocycles. The van der Waals surface area contributed by atoms with E-state index in [-0.39, 0.29) is 0 Å². The molecule has 4 heteroatoms. The monoisotopic (exact) mass is 373 g/mol. The zero-order chi connectivity index (χ0) is 13.7. The number of anilines is 1. The second kappa shape index (κ2) is 7.41. The molecule has 0 atom stereocenters. The van der Waals surface area contributed by atoms with Crippen molar-refractivity contribution in [2.45, 2.75) is 70.6 Å². The molecule has 1 aromatic heterocycles. The fraction of sp³-hybridized carbons (Fsp3) is 0.733. The van der Waals surface area contributed by atoms with Crippen molar-refractivity contribution in [1.29, 1.82) is 0 Å². The summed E-state index contributed by atoms with van der Waals surface area (Å²) in [5, 5.41) is 0. The number of hydrogen-bond donors (Lipinski definition) is 1. The molecule has 19 heavy (non-hydrogen) atoms. The van der Waals surface area contributed by atoms with Crippen LogP contribution in [-0.4, -0.2) is 9.97 Å². The number of halogens is 1. The molecule has 0 spiro atoms. The van der Waals surface area contributed by atoms with Gasteiger partial charge >= 0.3 is 0 Å². The molecule has 0 unspecified atom stereocenters. The van der Waals surface area contributed by atoms with Gasteiger partial charge in [0.25, 0.3) is 0 Å². The number of nitrogens with zero attached hydrogens (tertiary/aromatic N) is 2. The second-order valence-electron chi connectivity index (χ2n) is 5.52. The summed E-state index contributed by atoms with van der Waals surface area (Å²) >= 11 is 2.28. The van der Waals surface area contributed by atoms with E-state index in [0.29, 0.717) is 11.7 Å². The number of aromatic nitrogens is 2. The largest absolute Gasteiger partial charge is 0.383 e. The van der Waals surface area contributed by atoms with Gasteiger partial charge in [-0.3, -0.25) is 0 Å². The third-order valence-electron chi connectivity index (χ3n) is 3.92. The van der Waals surface area contributed by atoms with Gasteiger partial charge in [-0.2, -0.15) is 0 Å². The summed E-state index contributed by atoms with van der Waals surface area (Å²) in [5.74, 6) is 2.20. The van der Waals surface area contributed by atoms with Gasteiger partial charge in [0.2, 0.25) is 0 Å². The molecular formula is C15H24IN3. The van der Waals surface area contributed by atoms with E-state index in [1.54, 1.807) is 0 Å². The number of nitrogen functional groups attached to an aromatic ring is 1. The molecule has 0 amide bonds. The Labute approximate surface area is 129 Å². The SMILES string of the molecule is CCCc1nc(C2CCCCCCC2)nc(N)c1I. The maximum atomic E-state index is 6.07. The maximum absolute atomic E-state index is 6.07. The van der Waals surface area contributed by atoms with E-state index in [1.165, 1.54) is 44.9 Å². The molecule has 0 aliphatic heterocycles. The van der Waals surface area contributed by atoms with E-state index < -0.39 is 0 Å². The first kappa shape index (κ1) is 15.0. The molecule has 0 aromatic carbocycles. The van der Waals surface area contributed by atoms with Crippen molar-refractivity contribution in [2.24, 2.45) is 0 Å². The Hall–Kier alpha value is -0.390. The second-order valence-corrected chi connectivity index (χ2v) is 6.60. The lowest BCUT2D eigenvalue weighted by atomic mass is 9.90. The first-order valence-electron chi connectivity index (χ1n) is 7.54.